The Bertz CT molecular complexity index is 965. The van der Waals surface area contributed by atoms with Gasteiger partial charge < -0.3 is 9.13 Å². The smallest absolute Gasteiger partial charge is 0.0955 e. The van der Waals surface area contributed by atoms with Gasteiger partial charge in [-0.25, -0.2) is 9.97 Å². The third kappa shape index (κ3) is 4.33. The lowest BCUT2D eigenvalue weighted by Gasteiger charge is -1.90. The van der Waals surface area contributed by atoms with Gasteiger partial charge in [0.25, 0.3) is 0 Å². The number of imidazole rings is 2. The van der Waals surface area contributed by atoms with Crippen LogP contribution < -0.4 is 0 Å². The molecule has 0 aliphatic carbocycles. The van der Waals surface area contributed by atoms with E-state index in [9.17, 15) is 0 Å². The fourth-order valence-electron chi connectivity index (χ4n) is 2.48. The maximum absolute atomic E-state index is 4.18. The molecule has 130 valence electrons. The van der Waals surface area contributed by atoms with Crippen LogP contribution >= 0.6 is 0 Å². The summed E-state index contributed by atoms with van der Waals surface area (Å²) in [5, 5.41) is 0. The predicted molar refractivity (Wildman–Crippen MR) is 106 cm³/mol. The minimum absolute atomic E-state index is 1.06. The number of aryl methyl sites for hydroxylation is 2. The number of pyridine rings is 1. The summed E-state index contributed by atoms with van der Waals surface area (Å²) in [6.07, 6.45) is 7.15. The van der Waals surface area contributed by atoms with Crippen molar-refractivity contribution >= 4 is 22.1 Å². The third-order valence-electron chi connectivity index (χ3n) is 3.83. The highest BCUT2D eigenvalue weighted by molar-refractivity contribution is 5.75. The molecule has 2 aromatic carbocycles. The van der Waals surface area contributed by atoms with Crippen molar-refractivity contribution in [2.24, 2.45) is 14.1 Å². The Kier molecular flexibility index (Phi) is 5.72. The Balaban J connectivity index is 0.000000117. The molecule has 5 heteroatoms. The highest BCUT2D eigenvalue weighted by atomic mass is 15.0. The second-order valence-electron chi connectivity index (χ2n) is 5.71. The maximum atomic E-state index is 4.18. The van der Waals surface area contributed by atoms with Crippen LogP contribution in [-0.2, 0) is 14.1 Å². The molecule has 0 bridgehead atoms. The summed E-state index contributed by atoms with van der Waals surface area (Å²) in [6, 6.07) is 21.9. The summed E-state index contributed by atoms with van der Waals surface area (Å²) in [5.41, 5.74) is 4.49. The van der Waals surface area contributed by atoms with E-state index in [1.807, 2.05) is 90.5 Å². The van der Waals surface area contributed by atoms with Crippen LogP contribution in [0.4, 0.5) is 0 Å². The Labute approximate surface area is 152 Å². The van der Waals surface area contributed by atoms with Crippen molar-refractivity contribution in [2.75, 3.05) is 0 Å². The highest BCUT2D eigenvalue weighted by Crippen LogP contribution is 2.09. The van der Waals surface area contributed by atoms with E-state index in [0.717, 1.165) is 11.0 Å². The van der Waals surface area contributed by atoms with Crippen molar-refractivity contribution in [1.82, 2.24) is 24.1 Å². The Morgan fingerprint density at radius 3 is 1.38 bits per heavy atom. The molecule has 26 heavy (non-hydrogen) atoms. The van der Waals surface area contributed by atoms with E-state index < -0.39 is 0 Å². The molecule has 5 rings (SSSR count). The first-order chi connectivity index (χ1) is 12.8. The fourth-order valence-corrected chi connectivity index (χ4v) is 2.48. The molecule has 0 N–H and O–H groups in total. The van der Waals surface area contributed by atoms with Gasteiger partial charge in [0.05, 0.1) is 34.7 Å². The van der Waals surface area contributed by atoms with Crippen molar-refractivity contribution in [3.05, 3.63) is 91.8 Å². The summed E-state index contributed by atoms with van der Waals surface area (Å²) in [6.45, 7) is 0. The van der Waals surface area contributed by atoms with Crippen LogP contribution in [0, 0.1) is 0 Å². The first-order valence-corrected chi connectivity index (χ1v) is 8.33. The number of para-hydroxylation sites is 4. The summed E-state index contributed by atoms with van der Waals surface area (Å²) < 4.78 is 4.02. The lowest BCUT2D eigenvalue weighted by atomic mass is 10.3. The van der Waals surface area contributed by atoms with Gasteiger partial charge in [-0.15, -0.1) is 0 Å². The molecule has 0 fully saturated rings. The molecule has 0 saturated carbocycles. The van der Waals surface area contributed by atoms with Crippen LogP contribution in [0.25, 0.3) is 22.1 Å². The largest absolute Gasteiger partial charge is 0.334 e. The van der Waals surface area contributed by atoms with Crippen molar-refractivity contribution in [1.29, 1.82) is 0 Å². The fraction of sp³-hybridized carbons (Fsp3) is 0.0952. The second-order valence-corrected chi connectivity index (χ2v) is 5.71. The SMILES string of the molecule is Cn1cnc2ccccc21.Cn1cnc2ccccc21.c1ccncc1. The third-order valence-corrected chi connectivity index (χ3v) is 3.83. The van der Waals surface area contributed by atoms with E-state index in [1.54, 1.807) is 12.4 Å². The van der Waals surface area contributed by atoms with Crippen molar-refractivity contribution in [3.63, 3.8) is 0 Å². The zero-order valence-electron chi connectivity index (χ0n) is 14.9. The minimum Gasteiger partial charge on any atom is -0.334 e. The van der Waals surface area contributed by atoms with Gasteiger partial charge in [0.2, 0.25) is 0 Å². The number of nitrogens with zero attached hydrogens (tertiary/aromatic N) is 5. The van der Waals surface area contributed by atoms with Crippen molar-refractivity contribution in [2.45, 2.75) is 0 Å². The molecule has 3 aromatic heterocycles. The van der Waals surface area contributed by atoms with Crippen LogP contribution in [0.5, 0.6) is 0 Å². The van der Waals surface area contributed by atoms with Gasteiger partial charge in [-0.2, -0.15) is 0 Å². The Morgan fingerprint density at radius 1 is 0.577 bits per heavy atom. The average Bonchev–Trinajstić information content (AvgIpc) is 3.28. The highest BCUT2D eigenvalue weighted by Gasteiger charge is 1.94. The van der Waals surface area contributed by atoms with Gasteiger partial charge in [0.1, 0.15) is 0 Å². The number of rotatable bonds is 0. The summed E-state index contributed by atoms with van der Waals surface area (Å²) in [5.74, 6) is 0. The topological polar surface area (TPSA) is 48.5 Å². The standard InChI is InChI=1S/2C8H8N2.C5H5N/c2*1-10-6-9-7-4-2-3-5-8(7)10;1-2-4-6-5-3-1/h2*2-6H,1H3;1-5H. The van der Waals surface area contributed by atoms with E-state index >= 15 is 0 Å². The number of hydrogen-bond donors (Lipinski definition) is 0. The Morgan fingerprint density at radius 2 is 1.04 bits per heavy atom. The first-order valence-electron chi connectivity index (χ1n) is 8.33. The molecule has 0 atom stereocenters. The van der Waals surface area contributed by atoms with Gasteiger partial charge in [0, 0.05) is 26.5 Å². The summed E-state index contributed by atoms with van der Waals surface area (Å²) >= 11 is 0. The van der Waals surface area contributed by atoms with Crippen LogP contribution in [0.1, 0.15) is 0 Å². The average molecular weight is 343 g/mol. The molecule has 0 unspecified atom stereocenters. The van der Waals surface area contributed by atoms with Gasteiger partial charge in [-0.1, -0.05) is 30.3 Å². The van der Waals surface area contributed by atoms with E-state index in [2.05, 4.69) is 27.1 Å². The zero-order valence-corrected chi connectivity index (χ0v) is 14.9. The molecule has 3 heterocycles. The molecule has 0 spiro atoms. The van der Waals surface area contributed by atoms with E-state index in [1.165, 1.54) is 11.0 Å². The molecule has 0 amide bonds. The molecule has 0 aliphatic heterocycles. The van der Waals surface area contributed by atoms with Crippen LogP contribution in [0.2, 0.25) is 0 Å². The zero-order chi connectivity index (χ0) is 18.2. The number of aromatic nitrogens is 5. The molecular weight excluding hydrogens is 322 g/mol. The van der Waals surface area contributed by atoms with Gasteiger partial charge in [-0.05, 0) is 36.4 Å². The molecular formula is C21H21N5. The normalized spacial score (nSPS) is 9.92. The quantitative estimate of drug-likeness (QED) is 0.423. The molecule has 0 saturated heterocycles. The van der Waals surface area contributed by atoms with E-state index in [-0.39, 0.29) is 0 Å². The van der Waals surface area contributed by atoms with Crippen molar-refractivity contribution in [3.8, 4) is 0 Å². The van der Waals surface area contributed by atoms with Gasteiger partial charge >= 0.3 is 0 Å². The van der Waals surface area contributed by atoms with Crippen LogP contribution in [0.3, 0.4) is 0 Å². The van der Waals surface area contributed by atoms with E-state index in [4.69, 9.17) is 0 Å². The number of benzene rings is 2. The Hall–Kier alpha value is -3.47. The number of fused-ring (bicyclic) bond motifs is 2. The van der Waals surface area contributed by atoms with Crippen molar-refractivity contribution < 1.29 is 0 Å². The van der Waals surface area contributed by atoms with Gasteiger partial charge in [0.15, 0.2) is 0 Å². The molecule has 0 aliphatic rings. The van der Waals surface area contributed by atoms with E-state index in [0.29, 0.717) is 0 Å². The lowest BCUT2D eigenvalue weighted by Crippen LogP contribution is -1.81. The molecule has 5 nitrogen and oxygen atoms in total. The molecule has 0 radical (unpaired) electrons. The second kappa shape index (κ2) is 8.58. The minimum atomic E-state index is 1.06. The van der Waals surface area contributed by atoms with Crippen LogP contribution in [0.15, 0.2) is 91.8 Å². The maximum Gasteiger partial charge on any atom is 0.0955 e. The monoisotopic (exact) mass is 343 g/mol. The summed E-state index contributed by atoms with van der Waals surface area (Å²) in [4.78, 5) is 12.1. The number of hydrogen-bond acceptors (Lipinski definition) is 3. The lowest BCUT2D eigenvalue weighted by molar-refractivity contribution is 0.948. The van der Waals surface area contributed by atoms with Crippen LogP contribution in [-0.4, -0.2) is 24.1 Å². The van der Waals surface area contributed by atoms with Gasteiger partial charge in [-0.3, -0.25) is 4.98 Å². The predicted octanol–water partition coefficient (Wildman–Crippen LogP) is 4.23. The first kappa shape index (κ1) is 17.4. The summed E-state index contributed by atoms with van der Waals surface area (Å²) in [7, 11) is 3.99. The molecule has 5 aromatic rings.